The Balaban J connectivity index is 3.57. The molecule has 3 heteroatoms. The maximum atomic E-state index is 9.61. The predicted octanol–water partition coefficient (Wildman–Crippen LogP) is 1.31. The van der Waals surface area contributed by atoms with E-state index < -0.39 is 10.3 Å². The van der Waals surface area contributed by atoms with E-state index in [1.807, 2.05) is 0 Å². The molecule has 0 amide bonds. The zero-order valence-electron chi connectivity index (χ0n) is 2.74. The molecule has 0 fully saturated rings. The summed E-state index contributed by atoms with van der Waals surface area (Å²) in [5.41, 5.74) is 0. The van der Waals surface area contributed by atoms with Gasteiger partial charge in [-0.2, -0.15) is 11.6 Å². The van der Waals surface area contributed by atoms with Crippen LogP contribution in [0.25, 0.3) is 0 Å². The molecular formula is C3HCl2O-. The molecule has 0 rings (SSSR count). The highest BCUT2D eigenvalue weighted by Gasteiger charge is 1.78. The second-order valence-corrected chi connectivity index (χ2v) is 1.37. The first-order chi connectivity index (χ1) is 2.64. The van der Waals surface area contributed by atoms with Crippen LogP contribution in [0.2, 0.25) is 0 Å². The van der Waals surface area contributed by atoms with E-state index in [4.69, 9.17) is 11.6 Å². The highest BCUT2D eigenvalue weighted by molar-refractivity contribution is 6.73. The van der Waals surface area contributed by atoms with Crippen molar-refractivity contribution < 1.29 is 4.79 Å². The fourth-order valence-electron chi connectivity index (χ4n) is 0. The van der Waals surface area contributed by atoms with Gasteiger partial charge in [0, 0.05) is 0 Å². The molecule has 0 heterocycles. The van der Waals surface area contributed by atoms with Crippen LogP contribution in [0.3, 0.4) is 0 Å². The molecule has 0 saturated carbocycles. The Morgan fingerprint density at radius 3 is 1.67 bits per heavy atom. The summed E-state index contributed by atoms with van der Waals surface area (Å²) in [4.78, 5) is 9.61. The first-order valence-electron chi connectivity index (χ1n) is 1.12. The largest absolute Gasteiger partial charge is 0.388 e. The van der Waals surface area contributed by atoms with E-state index in [9.17, 15) is 4.79 Å². The van der Waals surface area contributed by atoms with E-state index in [2.05, 4.69) is 18.2 Å². The summed E-state index contributed by atoms with van der Waals surface area (Å²) < 4.78 is 0. The van der Waals surface area contributed by atoms with E-state index >= 15 is 0 Å². The maximum Gasteiger partial charge on any atom is 0.103 e. The van der Waals surface area contributed by atoms with Crippen molar-refractivity contribution in [3.63, 3.8) is 0 Å². The average molecular weight is 124 g/mol. The summed E-state index contributed by atoms with van der Waals surface area (Å²) >= 11 is 9.51. The predicted molar refractivity (Wildman–Crippen MR) is 24.5 cm³/mol. The van der Waals surface area contributed by atoms with Gasteiger partial charge in [0.2, 0.25) is 0 Å². The van der Waals surface area contributed by atoms with Gasteiger partial charge < -0.3 is 4.79 Å². The van der Waals surface area contributed by atoms with Gasteiger partial charge in [0.25, 0.3) is 0 Å². The smallest absolute Gasteiger partial charge is 0.103 e. The van der Waals surface area contributed by atoms with Crippen LogP contribution >= 0.6 is 23.2 Å². The van der Waals surface area contributed by atoms with Crippen LogP contribution in [-0.2, 0) is 4.79 Å². The number of carbonyl (C=O) groups is 1. The third-order valence-corrected chi connectivity index (χ3v) is 0.660. The molecule has 0 aliphatic heterocycles. The van der Waals surface area contributed by atoms with Gasteiger partial charge in [0.1, 0.15) is 5.24 Å². The molecule has 0 aliphatic carbocycles. The molecule has 0 aliphatic rings. The number of hydrogen-bond donors (Lipinski definition) is 0. The molecule has 0 radical (unpaired) electrons. The van der Waals surface area contributed by atoms with Crippen molar-refractivity contribution in [1.82, 2.24) is 0 Å². The van der Waals surface area contributed by atoms with Gasteiger partial charge in [-0.1, -0.05) is 5.03 Å². The van der Waals surface area contributed by atoms with Crippen LogP contribution < -0.4 is 0 Å². The molecule has 0 aromatic carbocycles. The summed E-state index contributed by atoms with van der Waals surface area (Å²) in [6, 6.07) is 0. The van der Waals surface area contributed by atoms with Crippen molar-refractivity contribution in [2.75, 3.05) is 0 Å². The summed E-state index contributed by atoms with van der Waals surface area (Å²) in [6.07, 6.45) is 0. The third-order valence-electron chi connectivity index (χ3n) is 0.188. The average Bonchev–Trinajstić information content (AvgIpc) is 1.36. The van der Waals surface area contributed by atoms with Gasteiger partial charge in [0.05, 0.1) is 0 Å². The Morgan fingerprint density at radius 1 is 1.50 bits per heavy atom. The molecule has 6 heavy (non-hydrogen) atoms. The maximum absolute atomic E-state index is 9.61. The molecule has 0 saturated heterocycles. The van der Waals surface area contributed by atoms with Gasteiger partial charge in [-0.3, -0.25) is 6.58 Å². The Kier molecular flexibility index (Phi) is 2.21. The zero-order valence-corrected chi connectivity index (χ0v) is 4.25. The van der Waals surface area contributed by atoms with Gasteiger partial charge in [-0.25, -0.2) is 0 Å². The minimum atomic E-state index is -0.809. The highest BCUT2D eigenvalue weighted by Crippen LogP contribution is 1.99. The van der Waals surface area contributed by atoms with Crippen LogP contribution in [0, 0.1) is 6.58 Å². The van der Waals surface area contributed by atoms with Crippen molar-refractivity contribution in [2.45, 2.75) is 0 Å². The van der Waals surface area contributed by atoms with E-state index in [0.717, 1.165) is 0 Å². The van der Waals surface area contributed by atoms with Crippen LogP contribution in [0.5, 0.6) is 0 Å². The lowest BCUT2D eigenvalue weighted by Crippen LogP contribution is -1.78. The van der Waals surface area contributed by atoms with Crippen LogP contribution in [-0.4, -0.2) is 5.24 Å². The lowest BCUT2D eigenvalue weighted by Gasteiger charge is -1.88. The molecule has 0 atom stereocenters. The van der Waals surface area contributed by atoms with E-state index in [1.165, 1.54) is 0 Å². The van der Waals surface area contributed by atoms with Crippen molar-refractivity contribution >= 4 is 28.4 Å². The minimum Gasteiger partial charge on any atom is -0.388 e. The number of carbonyl (C=O) groups excluding carboxylic acids is 1. The molecule has 0 aromatic rings. The first kappa shape index (κ1) is 5.99. The van der Waals surface area contributed by atoms with E-state index in [0.29, 0.717) is 0 Å². The van der Waals surface area contributed by atoms with E-state index in [1.54, 1.807) is 0 Å². The molecular weight excluding hydrogens is 123 g/mol. The molecule has 0 spiro atoms. The Hall–Kier alpha value is -0.0100. The first-order valence-corrected chi connectivity index (χ1v) is 1.88. The van der Waals surface area contributed by atoms with Crippen molar-refractivity contribution in [1.29, 1.82) is 0 Å². The molecule has 0 bridgehead atoms. The van der Waals surface area contributed by atoms with Gasteiger partial charge >= 0.3 is 0 Å². The standard InChI is InChI=1S/C3HCl2O/c1-2(4)3(5)6/h1H/q-1. The third kappa shape index (κ3) is 2.24. The number of hydrogen-bond acceptors (Lipinski definition) is 1. The highest BCUT2D eigenvalue weighted by atomic mass is 35.5. The summed E-state index contributed by atoms with van der Waals surface area (Å²) in [6.45, 7) is 4.64. The van der Waals surface area contributed by atoms with Crippen LogP contribution in [0.4, 0.5) is 0 Å². The second-order valence-electron chi connectivity index (χ2n) is 0.622. The molecule has 0 N–H and O–H groups in total. The zero-order chi connectivity index (χ0) is 5.15. The lowest BCUT2D eigenvalue weighted by molar-refractivity contribution is -0.108. The fraction of sp³-hybridized carbons (Fsp3) is 0. The van der Waals surface area contributed by atoms with Crippen LogP contribution in [0.15, 0.2) is 5.03 Å². The monoisotopic (exact) mass is 123 g/mol. The Labute approximate surface area is 45.5 Å². The van der Waals surface area contributed by atoms with Gasteiger partial charge in [-0.15, -0.1) is 11.6 Å². The van der Waals surface area contributed by atoms with Crippen LogP contribution in [0.1, 0.15) is 0 Å². The van der Waals surface area contributed by atoms with Crippen molar-refractivity contribution in [2.24, 2.45) is 0 Å². The number of halogens is 2. The molecule has 1 nitrogen and oxygen atoms in total. The second kappa shape index (κ2) is 2.21. The SMILES string of the molecule is [CH-]=C(Cl)C(=O)Cl. The molecule has 0 aromatic heterocycles. The Bertz CT molecular complexity index is 74.8. The fourth-order valence-corrected chi connectivity index (χ4v) is 0. The number of allylic oxidation sites excluding steroid dienone is 1. The topological polar surface area (TPSA) is 17.1 Å². The quantitative estimate of drug-likeness (QED) is 0.292. The Morgan fingerprint density at radius 2 is 1.67 bits per heavy atom. The molecule has 0 unspecified atom stereocenters. The van der Waals surface area contributed by atoms with Gasteiger partial charge in [0.15, 0.2) is 0 Å². The molecule has 34 valence electrons. The minimum absolute atomic E-state index is 0.392. The van der Waals surface area contributed by atoms with Crippen molar-refractivity contribution in [3.8, 4) is 0 Å². The number of rotatable bonds is 1. The van der Waals surface area contributed by atoms with E-state index in [-0.39, 0.29) is 0 Å². The summed E-state index contributed by atoms with van der Waals surface area (Å²) in [5, 5.41) is -1.20. The van der Waals surface area contributed by atoms with Gasteiger partial charge in [-0.05, 0) is 0 Å². The van der Waals surface area contributed by atoms with Crippen molar-refractivity contribution in [3.05, 3.63) is 11.6 Å². The summed E-state index contributed by atoms with van der Waals surface area (Å²) in [5.74, 6) is 0. The summed E-state index contributed by atoms with van der Waals surface area (Å²) in [7, 11) is 0. The lowest BCUT2D eigenvalue weighted by atomic mass is 10.7. The normalized spacial score (nSPS) is 7.67.